The Morgan fingerprint density at radius 3 is 2.67 bits per heavy atom. The number of ketones is 1. The van der Waals surface area contributed by atoms with E-state index in [0.29, 0.717) is 5.69 Å². The Hall–Kier alpha value is -1.31. The van der Waals surface area contributed by atoms with E-state index in [1.54, 1.807) is 6.07 Å². The maximum Gasteiger partial charge on any atom is 0.165 e. The molecule has 0 saturated carbocycles. The molecule has 1 aromatic rings. The molecule has 2 N–H and O–H groups in total. The van der Waals surface area contributed by atoms with Crippen LogP contribution in [0.5, 0.6) is 0 Å². The van der Waals surface area contributed by atoms with Crippen molar-refractivity contribution >= 4 is 11.5 Å². The molecule has 0 aliphatic carbocycles. The lowest BCUT2D eigenvalue weighted by Crippen LogP contribution is -2.11. The molecule has 0 radical (unpaired) electrons. The fourth-order valence-corrected chi connectivity index (χ4v) is 1.64. The van der Waals surface area contributed by atoms with Crippen LogP contribution < -0.4 is 5.73 Å². The topological polar surface area (TPSA) is 43.1 Å². The van der Waals surface area contributed by atoms with Gasteiger partial charge < -0.3 is 5.73 Å². The predicted molar refractivity (Wildman–Crippen MR) is 64.0 cm³/mol. The summed E-state index contributed by atoms with van der Waals surface area (Å²) in [5, 5.41) is 0. The molecule has 1 unspecified atom stereocenters. The van der Waals surface area contributed by atoms with E-state index in [1.165, 1.54) is 0 Å². The number of carbonyl (C=O) groups is 1. The van der Waals surface area contributed by atoms with Crippen LogP contribution in [-0.2, 0) is 0 Å². The van der Waals surface area contributed by atoms with E-state index in [4.69, 9.17) is 5.73 Å². The molecule has 0 saturated heterocycles. The van der Waals surface area contributed by atoms with Crippen LogP contribution in [0.15, 0.2) is 18.2 Å². The van der Waals surface area contributed by atoms with Gasteiger partial charge in [0.05, 0.1) is 0 Å². The summed E-state index contributed by atoms with van der Waals surface area (Å²) in [5.74, 6) is 0.292. The molecule has 1 atom stereocenters. The van der Waals surface area contributed by atoms with Crippen LogP contribution in [0.3, 0.4) is 0 Å². The Labute approximate surface area is 91.5 Å². The third kappa shape index (κ3) is 2.82. The number of Topliss-reactive ketones (excluding diaryl/α,β-unsaturated/α-hetero) is 1. The minimum Gasteiger partial charge on any atom is -0.398 e. The largest absolute Gasteiger partial charge is 0.398 e. The highest BCUT2D eigenvalue weighted by Gasteiger charge is 2.14. The van der Waals surface area contributed by atoms with E-state index in [9.17, 15) is 4.79 Å². The number of aryl methyl sites for hydroxylation is 1. The second kappa shape index (κ2) is 4.96. The molecule has 0 heterocycles. The van der Waals surface area contributed by atoms with Gasteiger partial charge in [-0.3, -0.25) is 4.79 Å². The van der Waals surface area contributed by atoms with Crippen LogP contribution in [-0.4, -0.2) is 5.78 Å². The monoisotopic (exact) mass is 205 g/mol. The van der Waals surface area contributed by atoms with E-state index in [1.807, 2.05) is 26.0 Å². The zero-order valence-corrected chi connectivity index (χ0v) is 9.71. The Bertz CT molecular complexity index is 358. The van der Waals surface area contributed by atoms with Gasteiger partial charge in [0.2, 0.25) is 0 Å². The molecule has 0 aliphatic heterocycles. The third-order valence-corrected chi connectivity index (χ3v) is 2.73. The van der Waals surface area contributed by atoms with Crippen molar-refractivity contribution < 1.29 is 4.79 Å². The van der Waals surface area contributed by atoms with Gasteiger partial charge in [-0.15, -0.1) is 0 Å². The highest BCUT2D eigenvalue weighted by Crippen LogP contribution is 2.18. The van der Waals surface area contributed by atoms with Gasteiger partial charge in [-0.2, -0.15) is 0 Å². The molecule has 0 aromatic heterocycles. The van der Waals surface area contributed by atoms with Gasteiger partial charge in [0, 0.05) is 17.2 Å². The number of anilines is 1. The fraction of sp³-hybridized carbons (Fsp3) is 0.462. The van der Waals surface area contributed by atoms with E-state index in [2.05, 4.69) is 6.92 Å². The van der Waals surface area contributed by atoms with Crippen LogP contribution in [0.1, 0.15) is 42.6 Å². The molecule has 0 spiro atoms. The van der Waals surface area contributed by atoms with E-state index in [-0.39, 0.29) is 11.7 Å². The Morgan fingerprint density at radius 1 is 1.47 bits per heavy atom. The first-order valence-electron chi connectivity index (χ1n) is 5.46. The standard InChI is InChI=1S/C13H19NO/c1-4-5-10(3)13(15)11-7-6-9(2)12(14)8-11/h6-8,10H,4-5,14H2,1-3H3. The zero-order chi connectivity index (χ0) is 11.4. The van der Waals surface area contributed by atoms with Crippen LogP contribution in [0.2, 0.25) is 0 Å². The summed E-state index contributed by atoms with van der Waals surface area (Å²) in [4.78, 5) is 11.9. The van der Waals surface area contributed by atoms with Gasteiger partial charge in [-0.05, 0) is 25.0 Å². The molecule has 0 amide bonds. The fourth-order valence-electron chi connectivity index (χ4n) is 1.64. The summed E-state index contributed by atoms with van der Waals surface area (Å²) < 4.78 is 0. The maximum absolute atomic E-state index is 11.9. The normalized spacial score (nSPS) is 12.5. The van der Waals surface area contributed by atoms with Gasteiger partial charge in [0.15, 0.2) is 5.78 Å². The van der Waals surface area contributed by atoms with Crippen molar-refractivity contribution in [1.29, 1.82) is 0 Å². The third-order valence-electron chi connectivity index (χ3n) is 2.73. The van der Waals surface area contributed by atoms with Gasteiger partial charge in [-0.1, -0.05) is 32.4 Å². The van der Waals surface area contributed by atoms with Crippen LogP contribution in [0.4, 0.5) is 5.69 Å². The molecule has 2 heteroatoms. The van der Waals surface area contributed by atoms with Crippen molar-refractivity contribution in [2.24, 2.45) is 5.92 Å². The van der Waals surface area contributed by atoms with E-state index >= 15 is 0 Å². The highest BCUT2D eigenvalue weighted by atomic mass is 16.1. The second-order valence-electron chi connectivity index (χ2n) is 4.13. The van der Waals surface area contributed by atoms with Crippen molar-refractivity contribution in [3.63, 3.8) is 0 Å². The average molecular weight is 205 g/mol. The van der Waals surface area contributed by atoms with Gasteiger partial charge in [-0.25, -0.2) is 0 Å². The van der Waals surface area contributed by atoms with Crippen molar-refractivity contribution in [3.8, 4) is 0 Å². The lowest BCUT2D eigenvalue weighted by atomic mass is 9.94. The number of hydrogen-bond acceptors (Lipinski definition) is 2. The number of carbonyl (C=O) groups excluding carboxylic acids is 1. The summed E-state index contributed by atoms with van der Waals surface area (Å²) in [6.07, 6.45) is 1.97. The summed E-state index contributed by atoms with van der Waals surface area (Å²) >= 11 is 0. The molecule has 1 rings (SSSR count). The number of nitrogen functional groups attached to an aromatic ring is 1. The molecule has 1 aromatic carbocycles. The average Bonchev–Trinajstić information content (AvgIpc) is 2.21. The van der Waals surface area contributed by atoms with Crippen molar-refractivity contribution in [2.75, 3.05) is 5.73 Å². The predicted octanol–water partition coefficient (Wildman–Crippen LogP) is 3.20. The molecule has 2 nitrogen and oxygen atoms in total. The van der Waals surface area contributed by atoms with E-state index < -0.39 is 0 Å². The molecular weight excluding hydrogens is 186 g/mol. The van der Waals surface area contributed by atoms with Gasteiger partial charge in [0.1, 0.15) is 0 Å². The van der Waals surface area contributed by atoms with Crippen LogP contribution >= 0.6 is 0 Å². The van der Waals surface area contributed by atoms with Crippen molar-refractivity contribution in [2.45, 2.75) is 33.6 Å². The molecule has 82 valence electrons. The SMILES string of the molecule is CCCC(C)C(=O)c1ccc(C)c(N)c1. The van der Waals surface area contributed by atoms with Crippen LogP contribution in [0, 0.1) is 12.8 Å². The second-order valence-corrected chi connectivity index (χ2v) is 4.13. The quantitative estimate of drug-likeness (QED) is 0.606. The molecule has 0 bridgehead atoms. The zero-order valence-electron chi connectivity index (χ0n) is 9.71. The first-order chi connectivity index (χ1) is 7.06. The number of nitrogens with two attached hydrogens (primary N) is 1. The molecule has 0 aliphatic rings. The van der Waals surface area contributed by atoms with Crippen molar-refractivity contribution in [1.82, 2.24) is 0 Å². The molecular formula is C13H19NO. The highest BCUT2D eigenvalue weighted by molar-refractivity contribution is 5.98. The molecule has 0 fully saturated rings. The Balaban J connectivity index is 2.87. The minimum absolute atomic E-state index is 0.0945. The van der Waals surface area contributed by atoms with Gasteiger partial charge in [0.25, 0.3) is 0 Å². The summed E-state index contributed by atoms with van der Waals surface area (Å²) in [5.41, 5.74) is 8.24. The maximum atomic E-state index is 11.9. The first-order valence-corrected chi connectivity index (χ1v) is 5.46. The van der Waals surface area contributed by atoms with E-state index in [0.717, 1.165) is 24.0 Å². The Kier molecular flexibility index (Phi) is 3.89. The van der Waals surface area contributed by atoms with Gasteiger partial charge >= 0.3 is 0 Å². The van der Waals surface area contributed by atoms with Crippen molar-refractivity contribution in [3.05, 3.63) is 29.3 Å². The number of benzene rings is 1. The Morgan fingerprint density at radius 2 is 2.13 bits per heavy atom. The lowest BCUT2D eigenvalue weighted by molar-refractivity contribution is 0.0923. The lowest BCUT2D eigenvalue weighted by Gasteiger charge is -2.10. The first kappa shape index (κ1) is 11.8. The summed E-state index contributed by atoms with van der Waals surface area (Å²) in [7, 11) is 0. The smallest absolute Gasteiger partial charge is 0.165 e. The minimum atomic E-state index is 0.0945. The summed E-state index contributed by atoms with van der Waals surface area (Å²) in [6.45, 7) is 6.01. The molecule has 15 heavy (non-hydrogen) atoms. The summed E-state index contributed by atoms with van der Waals surface area (Å²) in [6, 6.07) is 5.55. The number of hydrogen-bond donors (Lipinski definition) is 1. The van der Waals surface area contributed by atoms with Crippen LogP contribution in [0.25, 0.3) is 0 Å². The number of rotatable bonds is 4.